The van der Waals surface area contributed by atoms with E-state index in [1.54, 1.807) is 0 Å². The number of hydrogen-bond acceptors (Lipinski definition) is 4. The smallest absolute Gasteiger partial charge is 0.228 e. The highest BCUT2D eigenvalue weighted by Gasteiger charge is 2.46. The van der Waals surface area contributed by atoms with Crippen molar-refractivity contribution in [2.24, 2.45) is 5.92 Å². The predicted molar refractivity (Wildman–Crippen MR) is 152 cm³/mol. The number of nitrogens with one attached hydrogen (secondary N) is 1. The number of hydrogen-bond donors (Lipinski definition) is 1. The van der Waals surface area contributed by atoms with E-state index in [9.17, 15) is 9.59 Å². The Balaban J connectivity index is 1.67. The van der Waals surface area contributed by atoms with Crippen molar-refractivity contribution < 1.29 is 9.59 Å². The topological polar surface area (TPSA) is 52.7 Å². The van der Waals surface area contributed by atoms with Crippen LogP contribution in [0.5, 0.6) is 0 Å². The summed E-state index contributed by atoms with van der Waals surface area (Å²) >= 11 is 0. The predicted octanol–water partition coefficient (Wildman–Crippen LogP) is 5.65. The van der Waals surface area contributed by atoms with Gasteiger partial charge in [-0.3, -0.25) is 14.5 Å². The molecule has 0 saturated carbocycles. The summed E-state index contributed by atoms with van der Waals surface area (Å²) in [5, 5.41) is 7.59. The van der Waals surface area contributed by atoms with E-state index >= 15 is 0 Å². The summed E-state index contributed by atoms with van der Waals surface area (Å²) in [6.45, 7) is 11.1. The molecule has 3 aromatic rings. The van der Waals surface area contributed by atoms with Crippen molar-refractivity contribution in [2.45, 2.75) is 77.5 Å². The third-order valence-electron chi connectivity index (χ3n) is 8.42. The SMILES string of the molecule is CC(C)N(C(=O)C1CCCN(C2CCNCC2)C1C(=O)c1c2ccccc2cc2ccccc12)C(C)C. The minimum Gasteiger partial charge on any atom is -0.338 e. The molecule has 1 N–H and O–H groups in total. The first-order valence-corrected chi connectivity index (χ1v) is 14.1. The number of ketones is 1. The monoisotopic (exact) mass is 499 g/mol. The van der Waals surface area contributed by atoms with Gasteiger partial charge in [-0.2, -0.15) is 0 Å². The standard InChI is InChI=1S/C32H41N3O2/c1-21(2)35(22(3)4)32(37)28-14-9-19-34(25-15-17-33-18-16-25)30(28)31(36)29-26-12-7-5-10-23(26)20-24-11-6-8-13-27(24)29/h5-8,10-13,20-22,25,28,30,33H,9,14-19H2,1-4H3. The Bertz CT molecular complexity index is 1220. The average molecular weight is 500 g/mol. The molecule has 37 heavy (non-hydrogen) atoms. The summed E-state index contributed by atoms with van der Waals surface area (Å²) in [5.41, 5.74) is 0.776. The van der Waals surface area contributed by atoms with Crippen LogP contribution >= 0.6 is 0 Å². The minimum absolute atomic E-state index is 0.0934. The van der Waals surface area contributed by atoms with Crippen LogP contribution in [0.15, 0.2) is 54.6 Å². The van der Waals surface area contributed by atoms with E-state index in [0.29, 0.717) is 6.04 Å². The molecule has 1 amide bonds. The van der Waals surface area contributed by atoms with Gasteiger partial charge < -0.3 is 10.2 Å². The maximum atomic E-state index is 14.9. The number of carbonyl (C=O) groups excluding carboxylic acids is 2. The molecule has 2 atom stereocenters. The Kier molecular flexibility index (Phi) is 7.64. The van der Waals surface area contributed by atoms with Gasteiger partial charge in [0.2, 0.25) is 5.91 Å². The van der Waals surface area contributed by atoms with Crippen molar-refractivity contribution in [3.05, 3.63) is 60.2 Å². The summed E-state index contributed by atoms with van der Waals surface area (Å²) in [6.07, 6.45) is 3.73. The van der Waals surface area contributed by atoms with Crippen molar-refractivity contribution in [3.8, 4) is 0 Å². The van der Waals surface area contributed by atoms with Crippen LogP contribution in [-0.4, -0.2) is 65.3 Å². The van der Waals surface area contributed by atoms with Gasteiger partial charge in [0.1, 0.15) is 0 Å². The molecule has 196 valence electrons. The molecule has 5 nitrogen and oxygen atoms in total. The van der Waals surface area contributed by atoms with E-state index in [2.05, 4.69) is 68.2 Å². The third kappa shape index (κ3) is 4.92. The third-order valence-corrected chi connectivity index (χ3v) is 8.42. The molecule has 2 heterocycles. The van der Waals surface area contributed by atoms with Gasteiger partial charge in [0.05, 0.1) is 12.0 Å². The molecule has 2 saturated heterocycles. The number of nitrogens with zero attached hydrogens (tertiary/aromatic N) is 2. The summed E-state index contributed by atoms with van der Waals surface area (Å²) in [6, 6.07) is 18.6. The molecule has 0 spiro atoms. The van der Waals surface area contributed by atoms with Gasteiger partial charge in [-0.1, -0.05) is 48.5 Å². The van der Waals surface area contributed by atoms with Crippen LogP contribution in [0.2, 0.25) is 0 Å². The van der Waals surface area contributed by atoms with Crippen LogP contribution in [0.1, 0.15) is 63.7 Å². The maximum Gasteiger partial charge on any atom is 0.228 e. The second-order valence-electron chi connectivity index (χ2n) is 11.4. The lowest BCUT2D eigenvalue weighted by Crippen LogP contribution is -2.60. The van der Waals surface area contributed by atoms with Crippen LogP contribution in [0.25, 0.3) is 21.5 Å². The first-order valence-electron chi connectivity index (χ1n) is 14.1. The molecule has 5 heteroatoms. The summed E-state index contributed by atoms with van der Waals surface area (Å²) in [7, 11) is 0. The molecular formula is C32H41N3O2. The van der Waals surface area contributed by atoms with E-state index in [1.807, 2.05) is 29.2 Å². The number of piperidine rings is 2. The summed E-state index contributed by atoms with van der Waals surface area (Å²) in [4.78, 5) is 33.6. The molecule has 2 aliphatic heterocycles. The fraction of sp³-hybridized carbons (Fsp3) is 0.500. The molecule has 2 aliphatic rings. The van der Waals surface area contributed by atoms with E-state index in [-0.39, 0.29) is 29.7 Å². The molecular weight excluding hydrogens is 458 g/mol. The van der Waals surface area contributed by atoms with Crippen LogP contribution in [0.4, 0.5) is 0 Å². The Labute approximate surface area is 221 Å². The largest absolute Gasteiger partial charge is 0.338 e. The second kappa shape index (κ2) is 10.9. The number of rotatable bonds is 6. The van der Waals surface area contributed by atoms with Crippen molar-refractivity contribution in [1.29, 1.82) is 0 Å². The van der Waals surface area contributed by atoms with Crippen LogP contribution in [-0.2, 0) is 4.79 Å². The number of Topliss-reactive ketones (excluding diaryl/α,β-unsaturated/α-hetero) is 1. The zero-order chi connectivity index (χ0) is 26.1. The van der Waals surface area contributed by atoms with Gasteiger partial charge in [0.25, 0.3) is 0 Å². The first kappa shape index (κ1) is 25.9. The van der Waals surface area contributed by atoms with Gasteiger partial charge in [-0.05, 0) is 101 Å². The highest BCUT2D eigenvalue weighted by molar-refractivity contribution is 6.21. The maximum absolute atomic E-state index is 14.9. The normalized spacial score (nSPS) is 21.7. The van der Waals surface area contributed by atoms with Crippen LogP contribution < -0.4 is 5.32 Å². The molecule has 0 aromatic heterocycles. The molecule has 2 fully saturated rings. The molecule has 0 bridgehead atoms. The minimum atomic E-state index is -0.446. The zero-order valence-electron chi connectivity index (χ0n) is 22.7. The van der Waals surface area contributed by atoms with E-state index in [4.69, 9.17) is 0 Å². The highest BCUT2D eigenvalue weighted by Crippen LogP contribution is 2.36. The lowest BCUT2D eigenvalue weighted by atomic mass is 9.79. The van der Waals surface area contributed by atoms with E-state index < -0.39 is 6.04 Å². The van der Waals surface area contributed by atoms with Gasteiger partial charge in [-0.15, -0.1) is 0 Å². The van der Waals surface area contributed by atoms with Gasteiger partial charge in [0, 0.05) is 23.7 Å². The van der Waals surface area contributed by atoms with Crippen molar-refractivity contribution >= 4 is 33.2 Å². The number of benzene rings is 3. The van der Waals surface area contributed by atoms with Crippen molar-refractivity contribution in [2.75, 3.05) is 19.6 Å². The number of carbonyl (C=O) groups is 2. The quantitative estimate of drug-likeness (QED) is 0.352. The fourth-order valence-corrected chi connectivity index (χ4v) is 6.89. The Morgan fingerprint density at radius 2 is 1.43 bits per heavy atom. The highest BCUT2D eigenvalue weighted by atomic mass is 16.2. The first-order chi connectivity index (χ1) is 17.9. The van der Waals surface area contributed by atoms with Gasteiger partial charge in [-0.25, -0.2) is 0 Å². The molecule has 0 aliphatic carbocycles. The summed E-state index contributed by atoms with van der Waals surface area (Å²) < 4.78 is 0. The lowest BCUT2D eigenvalue weighted by molar-refractivity contribution is -0.143. The zero-order valence-corrected chi connectivity index (χ0v) is 22.7. The molecule has 2 unspecified atom stereocenters. The van der Waals surface area contributed by atoms with Gasteiger partial charge in [0.15, 0.2) is 5.78 Å². The Morgan fingerprint density at radius 3 is 2.00 bits per heavy atom. The molecule has 3 aromatic carbocycles. The average Bonchev–Trinajstić information content (AvgIpc) is 2.91. The number of fused-ring (bicyclic) bond motifs is 2. The lowest BCUT2D eigenvalue weighted by Gasteiger charge is -2.47. The van der Waals surface area contributed by atoms with Crippen molar-refractivity contribution in [1.82, 2.24) is 15.1 Å². The van der Waals surface area contributed by atoms with E-state index in [0.717, 1.165) is 72.4 Å². The molecule has 5 rings (SSSR count). The van der Waals surface area contributed by atoms with Gasteiger partial charge >= 0.3 is 0 Å². The fourth-order valence-electron chi connectivity index (χ4n) is 6.89. The number of likely N-dealkylation sites (tertiary alicyclic amines) is 1. The van der Waals surface area contributed by atoms with Crippen LogP contribution in [0, 0.1) is 5.92 Å². The van der Waals surface area contributed by atoms with E-state index in [1.165, 1.54) is 0 Å². The van der Waals surface area contributed by atoms with Crippen LogP contribution in [0.3, 0.4) is 0 Å². The van der Waals surface area contributed by atoms with Crippen molar-refractivity contribution in [3.63, 3.8) is 0 Å². The molecule has 0 radical (unpaired) electrons. The number of amides is 1. The Morgan fingerprint density at radius 1 is 0.865 bits per heavy atom. The summed E-state index contributed by atoms with van der Waals surface area (Å²) in [5.74, 6) is -0.0952. The Hall–Kier alpha value is -2.76. The second-order valence-corrected chi connectivity index (χ2v) is 11.4.